The summed E-state index contributed by atoms with van der Waals surface area (Å²) < 4.78 is 29.0. The van der Waals surface area contributed by atoms with E-state index >= 15 is 0 Å². The van der Waals surface area contributed by atoms with E-state index in [-0.39, 0.29) is 4.90 Å². The molecule has 0 unspecified atom stereocenters. The van der Waals surface area contributed by atoms with E-state index in [0.29, 0.717) is 26.1 Å². The number of nitrogens with zero attached hydrogens (tertiary/aromatic N) is 1. The first-order chi connectivity index (χ1) is 10.1. The molecule has 1 aromatic carbocycles. The van der Waals surface area contributed by atoms with Gasteiger partial charge in [-0.25, -0.2) is 13.1 Å². The van der Waals surface area contributed by atoms with Crippen molar-refractivity contribution in [3.63, 3.8) is 0 Å². The van der Waals surface area contributed by atoms with Gasteiger partial charge in [0.2, 0.25) is 10.0 Å². The molecule has 1 heterocycles. The van der Waals surface area contributed by atoms with Gasteiger partial charge in [0.05, 0.1) is 4.90 Å². The minimum absolute atomic E-state index is 0.276. The van der Waals surface area contributed by atoms with Crippen molar-refractivity contribution in [3.05, 3.63) is 53.9 Å². The van der Waals surface area contributed by atoms with Crippen LogP contribution in [0.4, 0.5) is 0 Å². The number of benzene rings is 1. The molecule has 1 aromatic heterocycles. The number of hydrogen-bond donors (Lipinski definition) is 2. The highest BCUT2D eigenvalue weighted by Gasteiger charge is 2.17. The second kappa shape index (κ2) is 6.89. The largest absolute Gasteiger partial charge is 0.349 e. The summed E-state index contributed by atoms with van der Waals surface area (Å²) >= 11 is 0. The molecule has 0 saturated heterocycles. The maximum absolute atomic E-state index is 12.3. The van der Waals surface area contributed by atoms with Crippen molar-refractivity contribution in [3.8, 4) is 0 Å². The Morgan fingerprint density at radius 1 is 1.24 bits per heavy atom. The average molecular weight is 307 g/mol. The topological polar surface area (TPSA) is 77.1 Å². The Morgan fingerprint density at radius 3 is 2.52 bits per heavy atom. The van der Waals surface area contributed by atoms with Gasteiger partial charge < -0.3 is 10.3 Å². The highest BCUT2D eigenvalue weighted by atomic mass is 32.2. The highest BCUT2D eigenvalue weighted by molar-refractivity contribution is 7.89. The van der Waals surface area contributed by atoms with Gasteiger partial charge in [0, 0.05) is 31.5 Å². The predicted molar refractivity (Wildman–Crippen MR) is 83.3 cm³/mol. The highest BCUT2D eigenvalue weighted by Crippen LogP contribution is 2.14. The predicted octanol–water partition coefficient (Wildman–Crippen LogP) is 1.49. The SMILES string of the molecule is CCn1cc(S(=O)(=O)NCCc2ccccc2)cc1CN. The van der Waals surface area contributed by atoms with Crippen LogP contribution in [0.25, 0.3) is 0 Å². The van der Waals surface area contributed by atoms with Crippen LogP contribution in [0, 0.1) is 0 Å². The Balaban J connectivity index is 2.03. The summed E-state index contributed by atoms with van der Waals surface area (Å²) in [6.07, 6.45) is 2.30. The molecular weight excluding hydrogens is 286 g/mol. The van der Waals surface area contributed by atoms with Crippen molar-refractivity contribution in [1.29, 1.82) is 0 Å². The standard InChI is InChI=1S/C15H21N3O2S/c1-2-18-12-15(10-14(18)11-16)21(19,20)17-9-8-13-6-4-3-5-7-13/h3-7,10,12,17H,2,8-9,11,16H2,1H3. The number of rotatable bonds is 7. The summed E-state index contributed by atoms with van der Waals surface area (Å²) in [7, 11) is -3.48. The number of nitrogens with two attached hydrogens (primary N) is 1. The van der Waals surface area contributed by atoms with Crippen molar-refractivity contribution >= 4 is 10.0 Å². The molecule has 0 atom stereocenters. The molecule has 0 aliphatic heterocycles. The molecule has 0 amide bonds. The summed E-state index contributed by atoms with van der Waals surface area (Å²) in [5.41, 5.74) is 7.55. The molecule has 6 heteroatoms. The van der Waals surface area contributed by atoms with Gasteiger partial charge >= 0.3 is 0 Å². The van der Waals surface area contributed by atoms with Gasteiger partial charge in [0.25, 0.3) is 0 Å². The van der Waals surface area contributed by atoms with Crippen LogP contribution in [0.15, 0.2) is 47.5 Å². The van der Waals surface area contributed by atoms with Crippen molar-refractivity contribution in [2.45, 2.75) is 31.3 Å². The lowest BCUT2D eigenvalue weighted by Gasteiger charge is -2.05. The van der Waals surface area contributed by atoms with Crippen molar-refractivity contribution in [2.75, 3.05) is 6.54 Å². The van der Waals surface area contributed by atoms with E-state index in [1.807, 2.05) is 41.8 Å². The molecule has 2 rings (SSSR count). The minimum atomic E-state index is -3.48. The van der Waals surface area contributed by atoms with Crippen molar-refractivity contribution in [2.24, 2.45) is 5.73 Å². The summed E-state index contributed by atoms with van der Waals surface area (Å²) in [6, 6.07) is 11.4. The quantitative estimate of drug-likeness (QED) is 0.813. The van der Waals surface area contributed by atoms with Crippen LogP contribution in [0.2, 0.25) is 0 Å². The normalized spacial score (nSPS) is 11.7. The van der Waals surface area contributed by atoms with Crippen LogP contribution in [0.5, 0.6) is 0 Å². The van der Waals surface area contributed by atoms with E-state index < -0.39 is 10.0 Å². The second-order valence-electron chi connectivity index (χ2n) is 4.79. The molecule has 114 valence electrons. The maximum atomic E-state index is 12.3. The molecule has 3 N–H and O–H groups in total. The molecule has 0 saturated carbocycles. The zero-order valence-electron chi connectivity index (χ0n) is 12.1. The Kier molecular flexibility index (Phi) is 5.17. The fraction of sp³-hybridized carbons (Fsp3) is 0.333. The third kappa shape index (κ3) is 3.93. The lowest BCUT2D eigenvalue weighted by atomic mass is 10.2. The molecule has 0 bridgehead atoms. The van der Waals surface area contributed by atoms with E-state index in [0.717, 1.165) is 11.3 Å². The van der Waals surface area contributed by atoms with Crippen LogP contribution in [0.3, 0.4) is 0 Å². The summed E-state index contributed by atoms with van der Waals surface area (Å²) in [4.78, 5) is 0.276. The van der Waals surface area contributed by atoms with Crippen LogP contribution in [-0.4, -0.2) is 19.5 Å². The molecule has 2 aromatic rings. The zero-order valence-corrected chi connectivity index (χ0v) is 12.9. The van der Waals surface area contributed by atoms with Crippen LogP contribution in [0.1, 0.15) is 18.2 Å². The van der Waals surface area contributed by atoms with Crippen molar-refractivity contribution < 1.29 is 8.42 Å². The molecule has 21 heavy (non-hydrogen) atoms. The van der Waals surface area contributed by atoms with Gasteiger partial charge in [-0.2, -0.15) is 0 Å². The summed E-state index contributed by atoms with van der Waals surface area (Å²) in [5, 5.41) is 0. The van der Waals surface area contributed by atoms with E-state index in [9.17, 15) is 8.42 Å². The molecule has 5 nitrogen and oxygen atoms in total. The zero-order chi connectivity index (χ0) is 15.3. The van der Waals surface area contributed by atoms with Crippen LogP contribution >= 0.6 is 0 Å². The number of sulfonamides is 1. The number of aromatic nitrogens is 1. The minimum Gasteiger partial charge on any atom is -0.349 e. The average Bonchev–Trinajstić information content (AvgIpc) is 2.92. The number of hydrogen-bond acceptors (Lipinski definition) is 3. The fourth-order valence-electron chi connectivity index (χ4n) is 2.20. The lowest BCUT2D eigenvalue weighted by molar-refractivity contribution is 0.581. The van der Waals surface area contributed by atoms with Gasteiger partial charge in [0.15, 0.2) is 0 Å². The Hall–Kier alpha value is -1.63. The van der Waals surface area contributed by atoms with Gasteiger partial charge in [-0.05, 0) is 25.0 Å². The Labute approximate surface area is 125 Å². The van der Waals surface area contributed by atoms with Gasteiger partial charge in [0.1, 0.15) is 0 Å². The smallest absolute Gasteiger partial charge is 0.242 e. The Bertz CT molecular complexity index is 657. The van der Waals surface area contributed by atoms with Gasteiger partial charge in [-0.1, -0.05) is 30.3 Å². The molecular formula is C15H21N3O2S. The fourth-order valence-corrected chi connectivity index (χ4v) is 3.29. The second-order valence-corrected chi connectivity index (χ2v) is 6.56. The van der Waals surface area contributed by atoms with E-state index in [1.165, 1.54) is 0 Å². The van der Waals surface area contributed by atoms with Gasteiger partial charge in [-0.3, -0.25) is 0 Å². The lowest BCUT2D eigenvalue weighted by Crippen LogP contribution is -2.25. The maximum Gasteiger partial charge on any atom is 0.242 e. The number of nitrogens with one attached hydrogen (secondary N) is 1. The third-order valence-corrected chi connectivity index (χ3v) is 4.80. The summed E-state index contributed by atoms with van der Waals surface area (Å²) in [6.45, 7) is 3.36. The molecule has 0 radical (unpaired) electrons. The van der Waals surface area contributed by atoms with Gasteiger partial charge in [-0.15, -0.1) is 0 Å². The molecule has 0 aliphatic rings. The first-order valence-electron chi connectivity index (χ1n) is 6.99. The first kappa shape index (κ1) is 15.8. The number of aryl methyl sites for hydroxylation is 1. The monoisotopic (exact) mass is 307 g/mol. The molecule has 0 aliphatic carbocycles. The molecule has 0 fully saturated rings. The third-order valence-electron chi connectivity index (χ3n) is 3.37. The van der Waals surface area contributed by atoms with Crippen LogP contribution < -0.4 is 10.5 Å². The summed E-state index contributed by atoms with van der Waals surface area (Å²) in [5.74, 6) is 0. The van der Waals surface area contributed by atoms with E-state index in [1.54, 1.807) is 12.3 Å². The first-order valence-corrected chi connectivity index (χ1v) is 8.48. The van der Waals surface area contributed by atoms with E-state index in [4.69, 9.17) is 5.73 Å². The Morgan fingerprint density at radius 2 is 1.95 bits per heavy atom. The van der Waals surface area contributed by atoms with E-state index in [2.05, 4.69) is 4.72 Å². The molecule has 0 spiro atoms. The van der Waals surface area contributed by atoms with Crippen LogP contribution in [-0.2, 0) is 29.5 Å². The van der Waals surface area contributed by atoms with Crippen molar-refractivity contribution in [1.82, 2.24) is 9.29 Å².